The molecule has 5 nitrogen and oxygen atoms in total. The van der Waals surface area contributed by atoms with E-state index < -0.39 is 11.9 Å². The van der Waals surface area contributed by atoms with Gasteiger partial charge in [0.15, 0.2) is 6.04 Å². The summed E-state index contributed by atoms with van der Waals surface area (Å²) >= 11 is 5.79. The van der Waals surface area contributed by atoms with Crippen molar-refractivity contribution in [3.05, 3.63) is 53.2 Å². The van der Waals surface area contributed by atoms with E-state index in [-0.39, 0.29) is 10.7 Å². The van der Waals surface area contributed by atoms with Crippen LogP contribution in [0.5, 0.6) is 0 Å². The van der Waals surface area contributed by atoms with Gasteiger partial charge in [-0.15, -0.1) is 0 Å². The van der Waals surface area contributed by atoms with Crippen LogP contribution in [-0.4, -0.2) is 10.9 Å². The number of rotatable bonds is 3. The van der Waals surface area contributed by atoms with Crippen LogP contribution in [-0.2, 0) is 0 Å². The van der Waals surface area contributed by atoms with Crippen LogP contribution in [0.25, 0.3) is 0 Å². The van der Waals surface area contributed by atoms with Gasteiger partial charge >= 0.3 is 0 Å². The molecule has 90 valence electrons. The second-order valence-corrected chi connectivity index (χ2v) is 3.75. The highest BCUT2D eigenvalue weighted by molar-refractivity contribution is 6.32. The number of nitriles is 1. The van der Waals surface area contributed by atoms with Crippen molar-refractivity contribution in [3.63, 3.8) is 0 Å². The summed E-state index contributed by atoms with van der Waals surface area (Å²) in [7, 11) is 0. The number of furan rings is 1. The van der Waals surface area contributed by atoms with Crippen molar-refractivity contribution in [2.45, 2.75) is 6.04 Å². The Morgan fingerprint density at radius 2 is 2.33 bits per heavy atom. The fourth-order valence-electron chi connectivity index (χ4n) is 1.39. The lowest BCUT2D eigenvalue weighted by Gasteiger charge is -2.09. The van der Waals surface area contributed by atoms with Gasteiger partial charge in [-0.2, -0.15) is 5.26 Å². The highest BCUT2D eigenvalue weighted by Crippen LogP contribution is 2.16. The molecular weight excluding hydrogens is 254 g/mol. The Morgan fingerprint density at radius 3 is 2.94 bits per heavy atom. The molecule has 2 heterocycles. The number of nitrogens with one attached hydrogen (secondary N) is 1. The molecular formula is C12H8ClN3O2. The van der Waals surface area contributed by atoms with Gasteiger partial charge in [0.1, 0.15) is 10.9 Å². The Hall–Kier alpha value is -2.32. The number of halogens is 1. The minimum atomic E-state index is -0.858. The van der Waals surface area contributed by atoms with Crippen molar-refractivity contribution in [1.29, 1.82) is 5.26 Å². The predicted molar refractivity (Wildman–Crippen MR) is 63.8 cm³/mol. The Labute approximate surface area is 108 Å². The first-order valence-electron chi connectivity index (χ1n) is 5.07. The Balaban J connectivity index is 2.17. The molecule has 1 amide bonds. The molecule has 1 unspecified atom stereocenters. The van der Waals surface area contributed by atoms with Crippen LogP contribution in [0, 0.1) is 11.3 Å². The number of hydrogen-bond donors (Lipinski definition) is 1. The van der Waals surface area contributed by atoms with E-state index in [9.17, 15) is 4.79 Å². The molecule has 18 heavy (non-hydrogen) atoms. The van der Waals surface area contributed by atoms with Crippen molar-refractivity contribution in [2.24, 2.45) is 0 Å². The summed E-state index contributed by atoms with van der Waals surface area (Å²) in [6, 6.07) is 7.45. The molecule has 6 heteroatoms. The van der Waals surface area contributed by atoms with E-state index in [1.807, 2.05) is 6.07 Å². The number of nitrogens with zero attached hydrogens (tertiary/aromatic N) is 2. The molecule has 0 saturated heterocycles. The van der Waals surface area contributed by atoms with Crippen molar-refractivity contribution >= 4 is 17.5 Å². The van der Waals surface area contributed by atoms with Crippen LogP contribution in [0.4, 0.5) is 0 Å². The third-order valence-corrected chi connectivity index (χ3v) is 2.54. The lowest BCUT2D eigenvalue weighted by Crippen LogP contribution is -2.27. The van der Waals surface area contributed by atoms with E-state index in [1.165, 1.54) is 18.5 Å². The number of aromatic nitrogens is 1. The molecule has 2 aromatic heterocycles. The van der Waals surface area contributed by atoms with E-state index in [4.69, 9.17) is 21.3 Å². The number of pyridine rings is 1. The quantitative estimate of drug-likeness (QED) is 0.860. The molecule has 0 radical (unpaired) electrons. The molecule has 0 aliphatic carbocycles. The van der Waals surface area contributed by atoms with Gasteiger partial charge in [0.05, 0.1) is 17.9 Å². The fraction of sp³-hybridized carbons (Fsp3) is 0.0833. The summed E-state index contributed by atoms with van der Waals surface area (Å²) in [5.74, 6) is -0.109. The lowest BCUT2D eigenvalue weighted by molar-refractivity contribution is 0.0941. The zero-order valence-electron chi connectivity index (χ0n) is 9.13. The van der Waals surface area contributed by atoms with Crippen molar-refractivity contribution in [3.8, 4) is 6.07 Å². The van der Waals surface area contributed by atoms with E-state index >= 15 is 0 Å². The summed E-state index contributed by atoms with van der Waals surface area (Å²) < 4.78 is 5.07. The summed E-state index contributed by atoms with van der Waals surface area (Å²) in [6.45, 7) is 0. The average Bonchev–Trinajstić information content (AvgIpc) is 2.90. The van der Waals surface area contributed by atoms with Gasteiger partial charge in [-0.1, -0.05) is 11.6 Å². The summed E-state index contributed by atoms with van der Waals surface area (Å²) in [6.07, 6.45) is 2.91. The maximum Gasteiger partial charge on any atom is 0.255 e. The molecule has 1 atom stereocenters. The lowest BCUT2D eigenvalue weighted by atomic mass is 10.2. The van der Waals surface area contributed by atoms with Crippen molar-refractivity contribution < 1.29 is 9.21 Å². The molecule has 0 saturated carbocycles. The molecule has 2 rings (SSSR count). The zero-order chi connectivity index (χ0) is 13.0. The predicted octanol–water partition coefficient (Wildman–Crippen LogP) is 2.32. The van der Waals surface area contributed by atoms with Crippen LogP contribution in [0.3, 0.4) is 0 Å². The molecule has 0 aliphatic rings. The highest BCUT2D eigenvalue weighted by Gasteiger charge is 2.19. The maximum absolute atomic E-state index is 11.9. The molecule has 1 N–H and O–H groups in total. The summed E-state index contributed by atoms with van der Waals surface area (Å²) in [5, 5.41) is 11.6. The third kappa shape index (κ3) is 2.50. The first-order chi connectivity index (χ1) is 8.72. The Kier molecular flexibility index (Phi) is 3.60. The zero-order valence-corrected chi connectivity index (χ0v) is 9.89. The monoisotopic (exact) mass is 261 g/mol. The minimum absolute atomic E-state index is 0.0890. The average molecular weight is 262 g/mol. The van der Waals surface area contributed by atoms with Gasteiger partial charge in [0.25, 0.3) is 5.91 Å². The van der Waals surface area contributed by atoms with Gasteiger partial charge < -0.3 is 9.73 Å². The number of carbonyl (C=O) groups is 1. The Bertz CT molecular complexity index is 590. The maximum atomic E-state index is 11.9. The first kappa shape index (κ1) is 12.1. The largest absolute Gasteiger partial charge is 0.466 e. The topological polar surface area (TPSA) is 78.9 Å². The first-order valence-corrected chi connectivity index (χ1v) is 5.44. The Morgan fingerprint density at radius 1 is 1.50 bits per heavy atom. The van der Waals surface area contributed by atoms with Gasteiger partial charge in [0, 0.05) is 6.20 Å². The van der Waals surface area contributed by atoms with Crippen LogP contribution < -0.4 is 5.32 Å². The van der Waals surface area contributed by atoms with Crippen LogP contribution in [0.2, 0.25) is 5.15 Å². The van der Waals surface area contributed by atoms with E-state index in [0.717, 1.165) is 0 Å². The normalized spacial score (nSPS) is 11.6. The summed E-state index contributed by atoms with van der Waals surface area (Å²) in [5.41, 5.74) is 0.214. The van der Waals surface area contributed by atoms with E-state index in [0.29, 0.717) is 5.76 Å². The third-order valence-electron chi connectivity index (χ3n) is 2.24. The van der Waals surface area contributed by atoms with Gasteiger partial charge in [-0.05, 0) is 24.3 Å². The molecule has 0 aliphatic heterocycles. The van der Waals surface area contributed by atoms with Gasteiger partial charge in [-0.25, -0.2) is 4.98 Å². The molecule has 0 spiro atoms. The minimum Gasteiger partial charge on any atom is -0.466 e. The number of carbonyl (C=O) groups excluding carboxylic acids is 1. The van der Waals surface area contributed by atoms with Crippen LogP contribution in [0.1, 0.15) is 22.2 Å². The number of amides is 1. The standard InChI is InChI=1S/C12H8ClN3O2/c13-11-8(3-1-5-15-11)12(17)16-9(7-14)10-4-2-6-18-10/h1-6,9H,(H,16,17). The molecule has 0 bridgehead atoms. The smallest absolute Gasteiger partial charge is 0.255 e. The highest BCUT2D eigenvalue weighted by atomic mass is 35.5. The van der Waals surface area contributed by atoms with Crippen molar-refractivity contribution in [1.82, 2.24) is 10.3 Å². The van der Waals surface area contributed by atoms with Crippen LogP contribution >= 0.6 is 11.6 Å². The van der Waals surface area contributed by atoms with Crippen molar-refractivity contribution in [2.75, 3.05) is 0 Å². The van der Waals surface area contributed by atoms with E-state index in [2.05, 4.69) is 10.3 Å². The van der Waals surface area contributed by atoms with Crippen LogP contribution in [0.15, 0.2) is 41.1 Å². The summed E-state index contributed by atoms with van der Waals surface area (Å²) in [4.78, 5) is 15.7. The molecule has 0 fully saturated rings. The SMILES string of the molecule is N#CC(NC(=O)c1cccnc1Cl)c1ccco1. The van der Waals surface area contributed by atoms with Gasteiger partial charge in [0.2, 0.25) is 0 Å². The molecule has 0 aromatic carbocycles. The molecule has 2 aromatic rings. The van der Waals surface area contributed by atoms with E-state index in [1.54, 1.807) is 18.2 Å². The second kappa shape index (κ2) is 5.34. The number of hydrogen-bond acceptors (Lipinski definition) is 4. The van der Waals surface area contributed by atoms with Gasteiger partial charge in [-0.3, -0.25) is 4.79 Å². The fourth-order valence-corrected chi connectivity index (χ4v) is 1.59. The second-order valence-electron chi connectivity index (χ2n) is 3.39.